The highest BCUT2D eigenvalue weighted by Gasteiger charge is 2.33. The Balaban J connectivity index is 1.62. The number of aliphatic hydroxyl groups excluding tert-OH is 1. The average Bonchev–Trinajstić information content (AvgIpc) is 3.12. The first-order valence-corrected chi connectivity index (χ1v) is 12.7. The Bertz CT molecular complexity index is 912. The lowest BCUT2D eigenvalue weighted by Gasteiger charge is -2.30. The lowest BCUT2D eigenvalue weighted by atomic mass is 10.1. The van der Waals surface area contributed by atoms with Crippen LogP contribution in [0.2, 0.25) is 0 Å². The summed E-state index contributed by atoms with van der Waals surface area (Å²) in [4.78, 5) is 2.07. The minimum Gasteiger partial charge on any atom is -0.494 e. The van der Waals surface area contributed by atoms with Crippen LogP contribution in [0.1, 0.15) is 30.9 Å². The van der Waals surface area contributed by atoms with E-state index in [0.717, 1.165) is 23.3 Å². The number of aliphatic hydroxyl groups is 1. The first-order chi connectivity index (χ1) is 14.8. The molecule has 0 radical (unpaired) electrons. The average molecular weight is 448 g/mol. The fourth-order valence-electron chi connectivity index (χ4n) is 3.70. The molecule has 170 valence electrons. The second kappa shape index (κ2) is 11.0. The molecule has 1 saturated heterocycles. The molecule has 1 aliphatic heterocycles. The monoisotopic (exact) mass is 447 g/mol. The van der Waals surface area contributed by atoms with Crippen LogP contribution in [0.3, 0.4) is 0 Å². The summed E-state index contributed by atoms with van der Waals surface area (Å²) in [5.74, 6) is 1.87. The van der Waals surface area contributed by atoms with Crippen LogP contribution >= 0.6 is 0 Å². The zero-order valence-electron chi connectivity index (χ0n) is 18.4. The Kier molecular flexibility index (Phi) is 8.35. The molecule has 2 aromatic rings. The third-order valence-electron chi connectivity index (χ3n) is 5.42. The highest BCUT2D eigenvalue weighted by molar-refractivity contribution is 7.91. The fraction of sp³-hybridized carbons (Fsp3) is 0.500. The predicted molar refractivity (Wildman–Crippen MR) is 122 cm³/mol. The van der Waals surface area contributed by atoms with Crippen molar-refractivity contribution in [2.45, 2.75) is 45.4 Å². The molecule has 2 aromatic carbocycles. The smallest absolute Gasteiger partial charge is 0.151 e. The van der Waals surface area contributed by atoms with Gasteiger partial charge in [-0.25, -0.2) is 8.42 Å². The first-order valence-electron chi connectivity index (χ1n) is 10.9. The van der Waals surface area contributed by atoms with Crippen molar-refractivity contribution >= 4 is 9.84 Å². The maximum absolute atomic E-state index is 12.0. The summed E-state index contributed by atoms with van der Waals surface area (Å²) in [6.45, 7) is 5.82. The predicted octanol–water partition coefficient (Wildman–Crippen LogP) is 3.21. The maximum atomic E-state index is 12.0. The van der Waals surface area contributed by atoms with Crippen molar-refractivity contribution in [1.82, 2.24) is 4.90 Å². The molecule has 0 aliphatic carbocycles. The second-order valence-electron chi connectivity index (χ2n) is 8.26. The molecule has 6 nitrogen and oxygen atoms in total. The Hall–Kier alpha value is -2.09. The molecule has 1 heterocycles. The van der Waals surface area contributed by atoms with Crippen LogP contribution in [-0.2, 0) is 16.4 Å². The van der Waals surface area contributed by atoms with E-state index in [9.17, 15) is 13.5 Å². The summed E-state index contributed by atoms with van der Waals surface area (Å²) in [7, 11) is -3.02. The summed E-state index contributed by atoms with van der Waals surface area (Å²) < 4.78 is 35.4. The summed E-state index contributed by atoms with van der Waals surface area (Å²) in [5, 5.41) is 10.6. The molecular weight excluding hydrogens is 414 g/mol. The van der Waals surface area contributed by atoms with E-state index < -0.39 is 15.9 Å². The summed E-state index contributed by atoms with van der Waals surface area (Å²) in [6, 6.07) is 15.5. The third-order valence-corrected chi connectivity index (χ3v) is 7.17. The molecule has 2 atom stereocenters. The third kappa shape index (κ3) is 7.52. The minimum absolute atomic E-state index is 0.102. The van der Waals surface area contributed by atoms with Gasteiger partial charge in [0, 0.05) is 19.1 Å². The number of rotatable bonds is 11. The van der Waals surface area contributed by atoms with Gasteiger partial charge in [0.15, 0.2) is 9.84 Å². The van der Waals surface area contributed by atoms with Gasteiger partial charge in [0.1, 0.15) is 24.2 Å². The summed E-state index contributed by atoms with van der Waals surface area (Å²) in [5.41, 5.74) is 2.20. The van der Waals surface area contributed by atoms with Crippen LogP contribution in [0.4, 0.5) is 0 Å². The van der Waals surface area contributed by atoms with Crippen molar-refractivity contribution in [3.8, 4) is 11.5 Å². The van der Waals surface area contributed by atoms with E-state index in [1.165, 1.54) is 0 Å². The van der Waals surface area contributed by atoms with Gasteiger partial charge in [-0.3, -0.25) is 4.90 Å². The van der Waals surface area contributed by atoms with Crippen molar-refractivity contribution < 1.29 is 23.0 Å². The number of ether oxygens (including phenoxy) is 2. The van der Waals surface area contributed by atoms with Crippen molar-refractivity contribution in [3.05, 3.63) is 59.7 Å². The van der Waals surface area contributed by atoms with Gasteiger partial charge in [-0.2, -0.15) is 0 Å². The molecule has 0 spiro atoms. The second-order valence-corrected chi connectivity index (χ2v) is 10.5. The molecule has 0 aromatic heterocycles. The summed E-state index contributed by atoms with van der Waals surface area (Å²) >= 11 is 0. The van der Waals surface area contributed by atoms with Gasteiger partial charge >= 0.3 is 0 Å². The fourth-order valence-corrected chi connectivity index (χ4v) is 5.46. The standard InChI is InChI=1S/C24H33NO5S/c1-3-13-29-23-10-6-20(7-11-23)15-25(21-12-14-31(27,28)18-21)16-22(26)17-30-24-8-4-19(2)5-9-24/h4-11,21-22,26H,3,12-18H2,1-2H3. The number of sulfone groups is 1. The molecule has 1 N–H and O–H groups in total. The molecule has 0 saturated carbocycles. The van der Waals surface area contributed by atoms with Crippen molar-refractivity contribution in [2.75, 3.05) is 31.3 Å². The largest absolute Gasteiger partial charge is 0.494 e. The van der Waals surface area contributed by atoms with Crippen LogP contribution in [0.25, 0.3) is 0 Å². The molecule has 0 bridgehead atoms. The maximum Gasteiger partial charge on any atom is 0.151 e. The van der Waals surface area contributed by atoms with E-state index >= 15 is 0 Å². The Labute approximate surface area is 185 Å². The molecule has 1 fully saturated rings. The van der Waals surface area contributed by atoms with Gasteiger partial charge in [-0.1, -0.05) is 36.8 Å². The van der Waals surface area contributed by atoms with Crippen LogP contribution < -0.4 is 9.47 Å². The normalized spacial score (nSPS) is 18.8. The van der Waals surface area contributed by atoms with Gasteiger partial charge in [-0.15, -0.1) is 0 Å². The molecular formula is C24H33NO5S. The Morgan fingerprint density at radius 2 is 1.71 bits per heavy atom. The SMILES string of the molecule is CCCOc1ccc(CN(CC(O)COc2ccc(C)cc2)C2CCS(=O)(=O)C2)cc1. The molecule has 1 aliphatic rings. The molecule has 2 unspecified atom stereocenters. The zero-order chi connectivity index (χ0) is 22.3. The molecule has 0 amide bonds. The van der Waals surface area contributed by atoms with Crippen molar-refractivity contribution in [3.63, 3.8) is 0 Å². The van der Waals surface area contributed by atoms with Gasteiger partial charge in [0.25, 0.3) is 0 Å². The Morgan fingerprint density at radius 1 is 1.06 bits per heavy atom. The van der Waals surface area contributed by atoms with Crippen LogP contribution in [-0.4, -0.2) is 61.8 Å². The molecule has 7 heteroatoms. The summed E-state index contributed by atoms with van der Waals surface area (Å²) in [6.07, 6.45) is 0.816. The number of hydrogen-bond donors (Lipinski definition) is 1. The lowest BCUT2D eigenvalue weighted by Crippen LogP contribution is -2.42. The van der Waals surface area contributed by atoms with E-state index in [4.69, 9.17) is 9.47 Å². The van der Waals surface area contributed by atoms with Gasteiger partial charge < -0.3 is 14.6 Å². The van der Waals surface area contributed by atoms with Crippen LogP contribution in [0.5, 0.6) is 11.5 Å². The van der Waals surface area contributed by atoms with E-state index in [-0.39, 0.29) is 24.2 Å². The highest BCUT2D eigenvalue weighted by Crippen LogP contribution is 2.22. The zero-order valence-corrected chi connectivity index (χ0v) is 19.2. The van der Waals surface area contributed by atoms with Crippen molar-refractivity contribution in [1.29, 1.82) is 0 Å². The quantitative estimate of drug-likeness (QED) is 0.570. The van der Waals surface area contributed by atoms with Gasteiger partial charge in [0.2, 0.25) is 0 Å². The van der Waals surface area contributed by atoms with Gasteiger partial charge in [0.05, 0.1) is 18.1 Å². The van der Waals surface area contributed by atoms with E-state index in [1.807, 2.05) is 55.5 Å². The molecule has 3 rings (SSSR count). The van der Waals surface area contributed by atoms with E-state index in [2.05, 4.69) is 11.8 Å². The number of nitrogens with zero attached hydrogens (tertiary/aromatic N) is 1. The molecule has 31 heavy (non-hydrogen) atoms. The highest BCUT2D eigenvalue weighted by atomic mass is 32.2. The van der Waals surface area contributed by atoms with E-state index in [0.29, 0.717) is 31.9 Å². The van der Waals surface area contributed by atoms with Crippen LogP contribution in [0.15, 0.2) is 48.5 Å². The van der Waals surface area contributed by atoms with E-state index in [1.54, 1.807) is 0 Å². The van der Waals surface area contributed by atoms with Crippen LogP contribution in [0, 0.1) is 6.92 Å². The topological polar surface area (TPSA) is 76.1 Å². The minimum atomic E-state index is -3.02. The lowest BCUT2D eigenvalue weighted by molar-refractivity contribution is 0.0524. The number of aryl methyl sites for hydroxylation is 1. The number of hydrogen-bond acceptors (Lipinski definition) is 6. The Morgan fingerprint density at radius 3 is 2.32 bits per heavy atom. The first kappa shape index (κ1) is 23.6. The van der Waals surface area contributed by atoms with Crippen molar-refractivity contribution in [2.24, 2.45) is 0 Å². The van der Waals surface area contributed by atoms with Gasteiger partial charge in [-0.05, 0) is 49.6 Å². The number of benzene rings is 2.